The molecule has 0 saturated carbocycles. The van der Waals surface area contributed by atoms with Gasteiger partial charge in [0.2, 0.25) is 5.91 Å². The number of hydrogen-bond acceptors (Lipinski definition) is 9. The molecule has 6 atom stereocenters. The highest BCUT2D eigenvalue weighted by Crippen LogP contribution is 2.49. The number of carbonyl (C=O) groups is 2. The van der Waals surface area contributed by atoms with Crippen molar-refractivity contribution in [2.75, 3.05) is 32.9 Å². The van der Waals surface area contributed by atoms with Crippen molar-refractivity contribution in [2.45, 2.75) is 235 Å². The van der Waals surface area contributed by atoms with Gasteiger partial charge in [-0.1, -0.05) is 86.0 Å². The number of fused-ring (bicyclic) bond motifs is 1. The smallest absolute Gasteiger partial charge is 0.407 e. The Morgan fingerprint density at radius 3 is 2.17 bits per heavy atom. The summed E-state index contributed by atoms with van der Waals surface area (Å²) in [7, 11) is -1.36. The number of hydrogen-bond donors (Lipinski definition) is 1. The quantitative estimate of drug-likeness (QED) is 0.0573. The summed E-state index contributed by atoms with van der Waals surface area (Å²) in [5, 5.41) is 11.9. The first-order valence-electron chi connectivity index (χ1n) is 25.8. The van der Waals surface area contributed by atoms with E-state index in [2.05, 4.69) is 106 Å². The Kier molecular flexibility index (Phi) is 25.5. The summed E-state index contributed by atoms with van der Waals surface area (Å²) in [6.07, 6.45) is 17.8. The number of ether oxygens (including phenoxy) is 3. The number of unbranched alkanes of at least 4 members (excludes halogenated alkanes) is 2. The van der Waals surface area contributed by atoms with Gasteiger partial charge in [-0.2, -0.15) is 5.26 Å². The highest BCUT2D eigenvalue weighted by Gasteiger charge is 2.39. The Hall–Kier alpha value is -2.64. The number of nitrogens with one attached hydrogen (secondary N) is 1. The highest BCUT2D eigenvalue weighted by molar-refractivity contribution is 7.44. The van der Waals surface area contributed by atoms with Crippen molar-refractivity contribution in [3.05, 3.63) is 22.3 Å². The van der Waals surface area contributed by atoms with Crippen LogP contribution in [-0.2, 0) is 25.0 Å². The maximum atomic E-state index is 13.4. The third kappa shape index (κ3) is 19.1. The van der Waals surface area contributed by atoms with Gasteiger partial charge in [0.1, 0.15) is 30.3 Å². The summed E-state index contributed by atoms with van der Waals surface area (Å²) in [4.78, 5) is 27.9. The second-order valence-electron chi connectivity index (χ2n) is 20.8. The number of rotatable bonds is 31. The zero-order valence-electron chi connectivity index (χ0n) is 43.5. The molecule has 0 radical (unpaired) electrons. The van der Waals surface area contributed by atoms with Crippen molar-refractivity contribution in [3.63, 3.8) is 0 Å². The van der Waals surface area contributed by atoms with Crippen LogP contribution in [0.3, 0.4) is 0 Å². The average Bonchev–Trinajstić information content (AvgIpc) is 3.66. The number of benzene rings is 1. The Bertz CT molecular complexity index is 1610. The van der Waals surface area contributed by atoms with Crippen LogP contribution in [-0.4, -0.2) is 84.3 Å². The van der Waals surface area contributed by atoms with Crippen molar-refractivity contribution in [3.8, 4) is 17.6 Å². The van der Waals surface area contributed by atoms with E-state index in [0.717, 1.165) is 97.3 Å². The third-order valence-corrected chi connectivity index (χ3v) is 16.0. The van der Waals surface area contributed by atoms with Crippen LogP contribution in [0.5, 0.6) is 11.5 Å². The van der Waals surface area contributed by atoms with Gasteiger partial charge in [-0.25, -0.2) is 9.46 Å². The second-order valence-corrected chi connectivity index (χ2v) is 22.2. The fourth-order valence-electron chi connectivity index (χ4n) is 9.78. The van der Waals surface area contributed by atoms with Gasteiger partial charge in [0, 0.05) is 43.2 Å². The molecule has 0 bridgehead atoms. The first-order valence-corrected chi connectivity index (χ1v) is 26.9. The predicted molar refractivity (Wildman–Crippen MR) is 267 cm³/mol. The Morgan fingerprint density at radius 1 is 0.877 bits per heavy atom. The van der Waals surface area contributed by atoms with Crippen LogP contribution in [0.2, 0.25) is 0 Å². The van der Waals surface area contributed by atoms with Gasteiger partial charge < -0.3 is 33.5 Å². The summed E-state index contributed by atoms with van der Waals surface area (Å²) in [6.45, 7) is 30.6. The Labute approximate surface area is 398 Å². The minimum Gasteiger partial charge on any atom is -0.489 e. The molecule has 1 saturated heterocycles. The monoisotopic (exact) mass is 929 g/mol. The molecule has 0 aliphatic carbocycles. The summed E-state index contributed by atoms with van der Waals surface area (Å²) in [5.74, 6) is 4.47. The van der Waals surface area contributed by atoms with E-state index < -0.39 is 14.6 Å². The zero-order valence-corrected chi connectivity index (χ0v) is 44.3. The van der Waals surface area contributed by atoms with E-state index in [1.165, 1.54) is 56.9 Å². The average molecular weight is 929 g/mol. The number of nitrogens with zero attached hydrogens (tertiary/aromatic N) is 3. The van der Waals surface area contributed by atoms with Crippen LogP contribution >= 0.6 is 8.53 Å². The summed E-state index contributed by atoms with van der Waals surface area (Å²) < 4.78 is 33.5. The number of likely N-dealkylation sites (tertiary alicyclic amines) is 1. The predicted octanol–water partition coefficient (Wildman–Crippen LogP) is 13.5. The van der Waals surface area contributed by atoms with Crippen molar-refractivity contribution < 1.29 is 32.8 Å². The minimum absolute atomic E-state index is 0.105. The molecule has 11 nitrogen and oxygen atoms in total. The molecule has 2 heterocycles. The SMILES string of the molecule is CC[C@@H]1C[C@@H](OP(OCCC#N)N(C(C)C)C(C)C)CN1C(=O)CCCCCNC(=O)OCCOc1c(C)c(C)c2c(c1C)CC[C@@](C)(CCC[C@H](C)CCC[C@H](C)CCCC(C)C)O2. The van der Waals surface area contributed by atoms with Crippen LogP contribution in [0, 0.1) is 49.9 Å². The molecule has 1 aromatic rings. The minimum atomic E-state index is -1.36. The van der Waals surface area contributed by atoms with Crippen LogP contribution in [0.1, 0.15) is 201 Å². The van der Waals surface area contributed by atoms with Crippen molar-refractivity contribution >= 4 is 20.5 Å². The third-order valence-electron chi connectivity index (χ3n) is 13.8. The molecule has 12 heteroatoms. The molecule has 1 fully saturated rings. The van der Waals surface area contributed by atoms with Crippen LogP contribution in [0.25, 0.3) is 0 Å². The van der Waals surface area contributed by atoms with Gasteiger partial charge in [-0.05, 0) is 141 Å². The summed E-state index contributed by atoms with van der Waals surface area (Å²) in [6, 6.07) is 2.73. The topological polar surface area (TPSA) is 123 Å². The first kappa shape index (κ1) is 56.7. The number of amides is 2. The lowest BCUT2D eigenvalue weighted by atomic mass is 9.83. The molecule has 0 aromatic heterocycles. The summed E-state index contributed by atoms with van der Waals surface area (Å²) in [5.41, 5.74) is 4.42. The molecule has 1 unspecified atom stereocenters. The van der Waals surface area contributed by atoms with Gasteiger partial charge in [-0.15, -0.1) is 0 Å². The van der Waals surface area contributed by atoms with E-state index >= 15 is 0 Å². The van der Waals surface area contributed by atoms with Gasteiger partial charge in [0.15, 0.2) is 0 Å². The molecular weight excluding hydrogens is 836 g/mol. The van der Waals surface area contributed by atoms with E-state index in [4.69, 9.17) is 28.5 Å². The van der Waals surface area contributed by atoms with Gasteiger partial charge in [-0.3, -0.25) is 4.79 Å². The van der Waals surface area contributed by atoms with E-state index in [1.54, 1.807) is 0 Å². The lowest BCUT2D eigenvalue weighted by molar-refractivity contribution is -0.132. The fraction of sp³-hybridized carbons (Fsp3) is 0.830. The van der Waals surface area contributed by atoms with E-state index in [9.17, 15) is 9.59 Å². The second kappa shape index (κ2) is 29.3. The maximum Gasteiger partial charge on any atom is 0.407 e. The highest BCUT2D eigenvalue weighted by atomic mass is 31.2. The van der Waals surface area contributed by atoms with E-state index in [0.29, 0.717) is 32.5 Å². The van der Waals surface area contributed by atoms with Crippen molar-refractivity contribution in [2.24, 2.45) is 17.8 Å². The lowest BCUT2D eigenvalue weighted by Gasteiger charge is -2.38. The lowest BCUT2D eigenvalue weighted by Crippen LogP contribution is -2.37. The molecule has 2 amide bonds. The van der Waals surface area contributed by atoms with E-state index in [1.807, 2.05) is 4.90 Å². The molecule has 2 aliphatic rings. The van der Waals surface area contributed by atoms with Gasteiger partial charge in [0.25, 0.3) is 8.53 Å². The molecule has 2 aliphatic heterocycles. The standard InChI is InChI=1S/C53H93N4O7P/c1-14-46-36-47(64-65(62-33-21-31-54)57(39(4)5)40(6)7)37-56(46)49(58)27-16-15-17-32-55-52(59)61-35-34-60-50-43(10)44(11)51-48(45(50)12)28-30-53(13,63-51)29-20-26-42(9)25-19-24-41(8)23-18-22-38(2)3/h38-42,46-47H,14-30,32-37H2,1-13H3,(H,55,59)/t41-,42-,46-,47-,53-,65?/m1/s1. The van der Waals surface area contributed by atoms with Crippen LogP contribution in [0.15, 0.2) is 0 Å². The molecule has 65 heavy (non-hydrogen) atoms. The molecular formula is C53H93N4O7P. The van der Waals surface area contributed by atoms with Crippen molar-refractivity contribution in [1.29, 1.82) is 5.26 Å². The molecule has 0 spiro atoms. The number of nitriles is 1. The van der Waals surface area contributed by atoms with E-state index in [-0.39, 0.29) is 49.0 Å². The molecule has 3 rings (SSSR count). The van der Waals surface area contributed by atoms with Crippen LogP contribution < -0.4 is 14.8 Å². The van der Waals surface area contributed by atoms with Gasteiger partial charge >= 0.3 is 6.09 Å². The van der Waals surface area contributed by atoms with Gasteiger partial charge in [0.05, 0.1) is 25.2 Å². The number of alkyl carbamates (subject to hydrolysis) is 1. The Balaban J connectivity index is 1.34. The largest absolute Gasteiger partial charge is 0.489 e. The molecule has 1 N–H and O–H groups in total. The molecule has 372 valence electrons. The zero-order chi connectivity index (χ0) is 48.1. The maximum absolute atomic E-state index is 13.4. The molecule has 1 aromatic carbocycles. The number of carbonyl (C=O) groups excluding carboxylic acids is 2. The summed E-state index contributed by atoms with van der Waals surface area (Å²) >= 11 is 0. The van der Waals surface area contributed by atoms with Crippen molar-refractivity contribution in [1.82, 2.24) is 14.9 Å². The first-order chi connectivity index (χ1) is 30.9. The normalized spacial score (nSPS) is 19.9. The fourth-order valence-corrected chi connectivity index (χ4v) is 11.5. The Morgan fingerprint density at radius 2 is 1.54 bits per heavy atom. The van der Waals surface area contributed by atoms with Crippen LogP contribution in [0.4, 0.5) is 4.79 Å².